The molecule has 1 heterocycles. The zero-order valence-corrected chi connectivity index (χ0v) is 19.8. The first-order chi connectivity index (χ1) is 16.6. The molecule has 0 aliphatic carbocycles. The number of amides is 1. The Labute approximate surface area is 205 Å². The van der Waals surface area contributed by atoms with Crippen molar-refractivity contribution in [1.29, 1.82) is 0 Å². The molecule has 0 radical (unpaired) electrons. The molecule has 3 aromatic carbocycles. The van der Waals surface area contributed by atoms with Crippen LogP contribution in [0.15, 0.2) is 87.8 Å². The number of nitrogens with one attached hydrogen (secondary N) is 1. The van der Waals surface area contributed by atoms with Gasteiger partial charge in [0.15, 0.2) is 5.16 Å². The molecule has 0 saturated carbocycles. The fourth-order valence-corrected chi connectivity index (χ4v) is 4.17. The third-order valence-electron chi connectivity index (χ3n) is 4.77. The van der Waals surface area contributed by atoms with Gasteiger partial charge in [-0.1, -0.05) is 47.6 Å². The number of hydrogen-bond donors (Lipinski definition) is 1. The Morgan fingerprint density at radius 3 is 2.65 bits per heavy atom. The maximum Gasteiger partial charge on any atom is 0.266 e. The Morgan fingerprint density at radius 2 is 1.85 bits per heavy atom. The third kappa shape index (κ3) is 5.47. The normalized spacial score (nSPS) is 11.1. The van der Waals surface area contributed by atoms with Gasteiger partial charge in [0.05, 0.1) is 35.2 Å². The van der Waals surface area contributed by atoms with Crippen molar-refractivity contribution in [3.8, 4) is 11.4 Å². The predicted octanol–water partition coefficient (Wildman–Crippen LogP) is 4.68. The van der Waals surface area contributed by atoms with Crippen molar-refractivity contribution in [2.45, 2.75) is 12.1 Å². The van der Waals surface area contributed by atoms with Crippen molar-refractivity contribution >= 4 is 46.4 Å². The molecule has 4 aromatic rings. The second-order valence-electron chi connectivity index (χ2n) is 7.08. The Hall–Kier alpha value is -3.62. The van der Waals surface area contributed by atoms with E-state index >= 15 is 0 Å². The molecular weight excluding hydrogens is 472 g/mol. The number of thioether (sulfide) groups is 1. The molecule has 0 atom stereocenters. The van der Waals surface area contributed by atoms with E-state index in [1.54, 1.807) is 42.5 Å². The lowest BCUT2D eigenvalue weighted by atomic mass is 10.2. The van der Waals surface area contributed by atoms with E-state index in [0.29, 0.717) is 39.1 Å². The van der Waals surface area contributed by atoms with E-state index in [4.69, 9.17) is 16.3 Å². The number of fused-ring (bicyclic) bond motifs is 1. The molecule has 0 spiro atoms. The van der Waals surface area contributed by atoms with Gasteiger partial charge in [-0.15, -0.1) is 0 Å². The number of ether oxygens (including phenoxy) is 1. The number of nitrogens with zero attached hydrogens (tertiary/aromatic N) is 3. The zero-order chi connectivity index (χ0) is 23.9. The molecule has 0 bridgehead atoms. The van der Waals surface area contributed by atoms with Gasteiger partial charge >= 0.3 is 0 Å². The lowest BCUT2D eigenvalue weighted by molar-refractivity contribution is -0.118. The predicted molar refractivity (Wildman–Crippen MR) is 136 cm³/mol. The molecule has 34 heavy (non-hydrogen) atoms. The maximum absolute atomic E-state index is 13.2. The first-order valence-corrected chi connectivity index (χ1v) is 11.9. The molecule has 4 rings (SSSR count). The summed E-state index contributed by atoms with van der Waals surface area (Å²) in [5.41, 5.74) is 4.22. The molecule has 172 valence electrons. The van der Waals surface area contributed by atoms with Crippen LogP contribution in [-0.2, 0) is 4.79 Å². The van der Waals surface area contributed by atoms with Gasteiger partial charge in [0, 0.05) is 10.6 Å². The van der Waals surface area contributed by atoms with E-state index in [1.165, 1.54) is 10.8 Å². The number of hydrogen-bond acceptors (Lipinski definition) is 6. The molecule has 1 N–H and O–H groups in total. The summed E-state index contributed by atoms with van der Waals surface area (Å²) < 4.78 is 7.04. The van der Waals surface area contributed by atoms with Crippen LogP contribution >= 0.6 is 23.4 Å². The summed E-state index contributed by atoms with van der Waals surface area (Å²) in [7, 11) is 0. The SMILES string of the molecule is CCOc1ccccc1/C=N/NC(=O)CSc1nc2ccccc2c(=O)n1-c1ccc(Cl)cc1. The minimum Gasteiger partial charge on any atom is -0.493 e. The largest absolute Gasteiger partial charge is 0.493 e. The van der Waals surface area contributed by atoms with Gasteiger partial charge in [0.25, 0.3) is 11.5 Å². The van der Waals surface area contributed by atoms with Crippen molar-refractivity contribution in [1.82, 2.24) is 15.0 Å². The topological polar surface area (TPSA) is 85.6 Å². The summed E-state index contributed by atoms with van der Waals surface area (Å²) in [6.45, 7) is 2.43. The minimum absolute atomic E-state index is 0.0167. The first-order valence-electron chi connectivity index (χ1n) is 10.5. The molecule has 0 fully saturated rings. The van der Waals surface area contributed by atoms with Crippen LogP contribution in [0.1, 0.15) is 12.5 Å². The Kier molecular flexibility index (Phi) is 7.61. The highest BCUT2D eigenvalue weighted by Crippen LogP contribution is 2.22. The molecule has 0 aliphatic rings. The van der Waals surface area contributed by atoms with E-state index < -0.39 is 0 Å². The molecule has 7 nitrogen and oxygen atoms in total. The van der Waals surface area contributed by atoms with Crippen molar-refractivity contribution in [2.24, 2.45) is 5.10 Å². The third-order valence-corrected chi connectivity index (χ3v) is 5.96. The monoisotopic (exact) mass is 492 g/mol. The second-order valence-corrected chi connectivity index (χ2v) is 8.46. The van der Waals surface area contributed by atoms with Gasteiger partial charge in [-0.3, -0.25) is 14.2 Å². The number of halogens is 1. The van der Waals surface area contributed by atoms with Gasteiger partial charge in [0.2, 0.25) is 0 Å². The number of para-hydroxylation sites is 2. The lowest BCUT2D eigenvalue weighted by Crippen LogP contribution is -2.24. The number of carbonyl (C=O) groups is 1. The van der Waals surface area contributed by atoms with E-state index in [0.717, 1.165) is 17.3 Å². The van der Waals surface area contributed by atoms with Crippen LogP contribution in [-0.4, -0.2) is 34.0 Å². The maximum atomic E-state index is 13.2. The van der Waals surface area contributed by atoms with Crippen LogP contribution in [0.2, 0.25) is 5.02 Å². The molecule has 1 aromatic heterocycles. The van der Waals surface area contributed by atoms with E-state index in [1.807, 2.05) is 37.3 Å². The molecule has 0 aliphatic heterocycles. The zero-order valence-electron chi connectivity index (χ0n) is 18.3. The van der Waals surface area contributed by atoms with Crippen LogP contribution in [0.25, 0.3) is 16.6 Å². The molecule has 0 saturated heterocycles. The quantitative estimate of drug-likeness (QED) is 0.167. The number of hydrazone groups is 1. The van der Waals surface area contributed by atoms with Crippen LogP contribution in [0, 0.1) is 0 Å². The summed E-state index contributed by atoms with van der Waals surface area (Å²) in [6, 6.07) is 21.4. The first kappa shape index (κ1) is 23.5. The van der Waals surface area contributed by atoms with Crippen LogP contribution in [0.5, 0.6) is 5.75 Å². The van der Waals surface area contributed by atoms with E-state index in [2.05, 4.69) is 15.5 Å². The Balaban J connectivity index is 1.54. The summed E-state index contributed by atoms with van der Waals surface area (Å²) in [6.07, 6.45) is 1.53. The molecule has 0 unspecified atom stereocenters. The highest BCUT2D eigenvalue weighted by Gasteiger charge is 2.14. The van der Waals surface area contributed by atoms with Crippen LogP contribution in [0.4, 0.5) is 0 Å². The minimum atomic E-state index is -0.333. The highest BCUT2D eigenvalue weighted by molar-refractivity contribution is 7.99. The second kappa shape index (κ2) is 11.0. The Bertz CT molecular complexity index is 1400. The van der Waals surface area contributed by atoms with E-state index in [9.17, 15) is 9.59 Å². The highest BCUT2D eigenvalue weighted by atomic mass is 35.5. The van der Waals surface area contributed by atoms with Gasteiger partial charge in [-0.2, -0.15) is 5.10 Å². The summed E-state index contributed by atoms with van der Waals surface area (Å²) in [5, 5.41) is 5.48. The van der Waals surface area contributed by atoms with Crippen molar-refractivity contribution in [3.05, 3.63) is 93.7 Å². The molecule has 1 amide bonds. The lowest BCUT2D eigenvalue weighted by Gasteiger charge is -2.13. The van der Waals surface area contributed by atoms with Gasteiger partial charge in [0.1, 0.15) is 5.75 Å². The molecule has 9 heteroatoms. The average Bonchev–Trinajstić information content (AvgIpc) is 2.85. The van der Waals surface area contributed by atoms with Crippen molar-refractivity contribution in [2.75, 3.05) is 12.4 Å². The number of aromatic nitrogens is 2. The average molecular weight is 493 g/mol. The van der Waals surface area contributed by atoms with Gasteiger partial charge in [-0.25, -0.2) is 10.4 Å². The standard InChI is InChI=1S/C25H21ClN4O3S/c1-2-33-22-10-6-3-7-17(22)15-27-29-23(31)16-34-25-28-21-9-5-4-8-20(21)24(32)30(25)19-13-11-18(26)12-14-19/h3-15H,2,16H2,1H3,(H,29,31)/b27-15+. The number of rotatable bonds is 8. The van der Waals surface area contributed by atoms with Crippen LogP contribution < -0.4 is 15.7 Å². The fraction of sp³-hybridized carbons (Fsp3) is 0.120. The summed E-state index contributed by atoms with van der Waals surface area (Å²) in [5.74, 6) is 0.368. The van der Waals surface area contributed by atoms with Crippen molar-refractivity contribution in [3.63, 3.8) is 0 Å². The number of benzene rings is 3. The molecular formula is C25H21ClN4O3S. The smallest absolute Gasteiger partial charge is 0.266 e. The van der Waals surface area contributed by atoms with Gasteiger partial charge < -0.3 is 4.74 Å². The van der Waals surface area contributed by atoms with Crippen LogP contribution in [0.3, 0.4) is 0 Å². The van der Waals surface area contributed by atoms with E-state index in [-0.39, 0.29) is 17.2 Å². The van der Waals surface area contributed by atoms with Crippen molar-refractivity contribution < 1.29 is 9.53 Å². The summed E-state index contributed by atoms with van der Waals surface area (Å²) >= 11 is 7.16. The number of carbonyl (C=O) groups excluding carboxylic acids is 1. The van der Waals surface area contributed by atoms with Gasteiger partial charge in [-0.05, 0) is 55.5 Å². The Morgan fingerprint density at radius 1 is 1.12 bits per heavy atom. The fourth-order valence-electron chi connectivity index (χ4n) is 3.24. The summed E-state index contributed by atoms with van der Waals surface area (Å²) in [4.78, 5) is 30.3.